The lowest BCUT2D eigenvalue weighted by Gasteiger charge is -2.44. The van der Waals surface area contributed by atoms with Gasteiger partial charge in [0.15, 0.2) is 12.2 Å². The fourth-order valence-electron chi connectivity index (χ4n) is 4.77. The van der Waals surface area contributed by atoms with Crippen LogP contribution < -0.4 is 10.1 Å². The number of amides is 1. The Kier molecular flexibility index (Phi) is 11.8. The molecule has 0 aliphatic carbocycles. The van der Waals surface area contributed by atoms with E-state index in [4.69, 9.17) is 28.4 Å². The zero-order chi connectivity index (χ0) is 33.1. The molecule has 242 valence electrons. The molecule has 1 heterocycles. The quantitative estimate of drug-likeness (QED) is 0.231. The highest BCUT2D eigenvalue weighted by molar-refractivity contribution is 5.94. The smallest absolute Gasteiger partial charge is 0.312 e. The zero-order valence-corrected chi connectivity index (χ0v) is 25.6. The monoisotopic (exact) mass is 633 g/mol. The number of rotatable bonds is 12. The summed E-state index contributed by atoms with van der Waals surface area (Å²) in [5, 5.41) is 2.72. The minimum atomic E-state index is -1.54. The predicted octanol–water partition coefficient (Wildman–Crippen LogP) is 3.30. The second-order valence-corrected chi connectivity index (χ2v) is 10.4. The summed E-state index contributed by atoms with van der Waals surface area (Å²) in [5.74, 6) is -3.01. The van der Waals surface area contributed by atoms with Crippen molar-refractivity contribution in [2.75, 3.05) is 6.61 Å². The van der Waals surface area contributed by atoms with Gasteiger partial charge in [-0.05, 0) is 35.4 Å². The molecule has 4 rings (SSSR count). The summed E-state index contributed by atoms with van der Waals surface area (Å²) in [7, 11) is 0. The molecule has 0 unspecified atom stereocenters. The van der Waals surface area contributed by atoms with Crippen LogP contribution in [0.2, 0.25) is 0 Å². The van der Waals surface area contributed by atoms with Gasteiger partial charge in [-0.25, -0.2) is 0 Å². The Labute approximate surface area is 265 Å². The van der Waals surface area contributed by atoms with E-state index in [0.29, 0.717) is 17.9 Å². The van der Waals surface area contributed by atoms with Crippen LogP contribution in [0.5, 0.6) is 5.75 Å². The van der Waals surface area contributed by atoms with Crippen LogP contribution in [0.1, 0.15) is 42.3 Å². The summed E-state index contributed by atoms with van der Waals surface area (Å²) < 4.78 is 33.6. The molecule has 5 atom stereocenters. The molecule has 1 aliphatic heterocycles. The molecule has 0 radical (unpaired) electrons. The molecule has 1 N–H and O–H groups in total. The Bertz CT molecular complexity index is 1490. The average molecular weight is 634 g/mol. The van der Waals surface area contributed by atoms with Gasteiger partial charge in [0, 0.05) is 26.3 Å². The van der Waals surface area contributed by atoms with E-state index in [9.17, 15) is 24.0 Å². The number of hydrogen-bond acceptors (Lipinski definition) is 11. The van der Waals surface area contributed by atoms with Gasteiger partial charge in [0.2, 0.25) is 6.29 Å². The maximum atomic E-state index is 13.5. The summed E-state index contributed by atoms with van der Waals surface area (Å²) in [4.78, 5) is 62.5. The van der Waals surface area contributed by atoms with Crippen LogP contribution in [0.3, 0.4) is 0 Å². The van der Waals surface area contributed by atoms with Crippen LogP contribution >= 0.6 is 0 Å². The van der Waals surface area contributed by atoms with Crippen LogP contribution in [-0.4, -0.2) is 67.0 Å². The van der Waals surface area contributed by atoms with Crippen molar-refractivity contribution in [3.63, 3.8) is 0 Å². The molecule has 3 aromatic rings. The molecule has 1 amide bonds. The van der Waals surface area contributed by atoms with Crippen LogP contribution in [0, 0.1) is 0 Å². The molecular weight excluding hydrogens is 598 g/mol. The first-order chi connectivity index (χ1) is 22.1. The molecule has 0 spiro atoms. The molecule has 12 heteroatoms. The third-order valence-corrected chi connectivity index (χ3v) is 6.80. The Morgan fingerprint density at radius 2 is 1.28 bits per heavy atom. The van der Waals surface area contributed by atoms with Gasteiger partial charge in [-0.2, -0.15) is 0 Å². The van der Waals surface area contributed by atoms with E-state index in [2.05, 4.69) is 5.32 Å². The van der Waals surface area contributed by atoms with Crippen molar-refractivity contribution >= 4 is 29.8 Å². The largest absolute Gasteiger partial charge is 0.489 e. The number of nitrogens with one attached hydrogen (secondary N) is 1. The van der Waals surface area contributed by atoms with Crippen molar-refractivity contribution in [2.24, 2.45) is 0 Å². The molecular formula is C34H35NO11. The maximum Gasteiger partial charge on any atom is 0.312 e. The van der Waals surface area contributed by atoms with Crippen LogP contribution in [0.4, 0.5) is 0 Å². The Hall–Kier alpha value is -5.23. The van der Waals surface area contributed by atoms with E-state index >= 15 is 0 Å². The second-order valence-electron chi connectivity index (χ2n) is 10.4. The average Bonchev–Trinajstić information content (AvgIpc) is 3.02. The minimum Gasteiger partial charge on any atom is -0.489 e. The lowest BCUT2D eigenvalue weighted by molar-refractivity contribution is -0.270. The van der Waals surface area contributed by atoms with Crippen molar-refractivity contribution < 1.29 is 52.4 Å². The predicted molar refractivity (Wildman–Crippen MR) is 161 cm³/mol. The SMILES string of the molecule is CC(=O)OC[C@H]1O[C@@H](OC(=O)Cc2ccccc2)[C@H](NC(=O)c2ccc(OCc3ccccc3)cc2)[C@@H](OC(C)=O)[C@@H]1OC(C)=O. The second kappa shape index (κ2) is 16.2. The number of hydrogen-bond donors (Lipinski definition) is 1. The van der Waals surface area contributed by atoms with Gasteiger partial charge in [0.25, 0.3) is 5.91 Å². The number of benzene rings is 3. The summed E-state index contributed by atoms with van der Waals surface area (Å²) in [5.41, 5.74) is 1.83. The van der Waals surface area contributed by atoms with Crippen molar-refractivity contribution in [1.29, 1.82) is 0 Å². The Morgan fingerprint density at radius 1 is 0.696 bits per heavy atom. The summed E-state index contributed by atoms with van der Waals surface area (Å²) >= 11 is 0. The highest BCUT2D eigenvalue weighted by atomic mass is 16.7. The van der Waals surface area contributed by atoms with Crippen LogP contribution in [-0.2, 0) is 55.9 Å². The zero-order valence-electron chi connectivity index (χ0n) is 25.6. The standard InChI is InChI=1S/C34H35NO11/c1-21(36)41-20-28-31(43-22(2)37)32(44-23(3)38)30(34(45-28)46-29(39)18-24-10-6-4-7-11-24)35-33(40)26-14-16-27(17-15-26)42-19-25-12-8-5-9-13-25/h4-17,28,30-32,34H,18-20H2,1-3H3,(H,35,40)/t28-,30-,31-,32-,34+/m1/s1. The fraction of sp³-hybridized carbons (Fsp3) is 0.324. The number of esters is 4. The van der Waals surface area contributed by atoms with Crippen molar-refractivity contribution in [3.8, 4) is 5.75 Å². The van der Waals surface area contributed by atoms with Gasteiger partial charge in [-0.3, -0.25) is 24.0 Å². The molecule has 0 bridgehead atoms. The first kappa shape index (κ1) is 33.7. The third kappa shape index (κ3) is 9.89. The molecule has 12 nitrogen and oxygen atoms in total. The van der Waals surface area contributed by atoms with Crippen molar-refractivity contribution in [3.05, 3.63) is 102 Å². The molecule has 46 heavy (non-hydrogen) atoms. The topological polar surface area (TPSA) is 153 Å². The van der Waals surface area contributed by atoms with Gasteiger partial charge in [-0.15, -0.1) is 0 Å². The van der Waals surface area contributed by atoms with Gasteiger partial charge < -0.3 is 33.7 Å². The van der Waals surface area contributed by atoms with E-state index in [1.165, 1.54) is 19.1 Å². The summed E-state index contributed by atoms with van der Waals surface area (Å²) in [6.45, 7) is 3.34. The molecule has 0 aromatic heterocycles. The number of carbonyl (C=O) groups is 5. The van der Waals surface area contributed by atoms with Crippen LogP contribution in [0.15, 0.2) is 84.9 Å². The van der Waals surface area contributed by atoms with Gasteiger partial charge in [0.1, 0.15) is 31.1 Å². The third-order valence-electron chi connectivity index (χ3n) is 6.80. The number of ether oxygens (including phenoxy) is 6. The molecule has 1 saturated heterocycles. The van der Waals surface area contributed by atoms with Crippen molar-refractivity contribution in [1.82, 2.24) is 5.32 Å². The lowest BCUT2D eigenvalue weighted by Crippen LogP contribution is -2.67. The molecule has 1 aliphatic rings. The fourth-order valence-corrected chi connectivity index (χ4v) is 4.77. The highest BCUT2D eigenvalue weighted by Gasteiger charge is 2.52. The Morgan fingerprint density at radius 3 is 1.87 bits per heavy atom. The van der Waals surface area contributed by atoms with Gasteiger partial charge >= 0.3 is 23.9 Å². The minimum absolute atomic E-state index is 0.133. The normalized spacial score (nSPS) is 20.5. The van der Waals surface area contributed by atoms with E-state index in [1.807, 2.05) is 30.3 Å². The molecule has 1 fully saturated rings. The first-order valence-corrected chi connectivity index (χ1v) is 14.5. The van der Waals surface area contributed by atoms with E-state index in [-0.39, 0.29) is 12.0 Å². The van der Waals surface area contributed by atoms with Gasteiger partial charge in [0.05, 0.1) is 6.42 Å². The molecule has 3 aromatic carbocycles. The summed E-state index contributed by atoms with van der Waals surface area (Å²) in [6.07, 6.45) is -5.63. The maximum absolute atomic E-state index is 13.5. The number of carbonyl (C=O) groups excluding carboxylic acids is 5. The molecule has 0 saturated carbocycles. The van der Waals surface area contributed by atoms with E-state index in [1.54, 1.807) is 42.5 Å². The Balaban J connectivity index is 1.59. The van der Waals surface area contributed by atoms with Crippen molar-refractivity contribution in [2.45, 2.75) is 64.4 Å². The van der Waals surface area contributed by atoms with Gasteiger partial charge in [-0.1, -0.05) is 60.7 Å². The van der Waals surface area contributed by atoms with Crippen LogP contribution in [0.25, 0.3) is 0 Å². The van der Waals surface area contributed by atoms with E-state index in [0.717, 1.165) is 19.4 Å². The summed E-state index contributed by atoms with van der Waals surface area (Å²) in [6, 6.07) is 23.3. The lowest BCUT2D eigenvalue weighted by atomic mass is 9.95. The first-order valence-electron chi connectivity index (χ1n) is 14.5. The van der Waals surface area contributed by atoms with E-state index < -0.39 is 67.0 Å². The highest BCUT2D eigenvalue weighted by Crippen LogP contribution is 2.29.